The number of nitrogens with one attached hydrogen (secondary N) is 2. The van der Waals surface area contributed by atoms with Crippen molar-refractivity contribution in [2.75, 3.05) is 17.3 Å². The van der Waals surface area contributed by atoms with Gasteiger partial charge in [0.15, 0.2) is 0 Å². The summed E-state index contributed by atoms with van der Waals surface area (Å²) in [4.78, 5) is 11.0. The molecule has 0 aliphatic rings. The number of nitrogens with two attached hydrogens (primary N) is 1. The number of hydrazine groups is 1. The Morgan fingerprint density at radius 3 is 2.71 bits per heavy atom. The van der Waals surface area contributed by atoms with Crippen LogP contribution in [0.3, 0.4) is 0 Å². The molecule has 5 N–H and O–H groups in total. The molecule has 21 heavy (non-hydrogen) atoms. The second kappa shape index (κ2) is 6.55. The molecule has 6 nitrogen and oxygen atoms in total. The van der Waals surface area contributed by atoms with Gasteiger partial charge in [0.05, 0.1) is 5.39 Å². The summed E-state index contributed by atoms with van der Waals surface area (Å²) in [6.45, 7) is 6.43. The highest BCUT2D eigenvalue weighted by atomic mass is 32.1. The van der Waals surface area contributed by atoms with Gasteiger partial charge in [0.1, 0.15) is 10.6 Å². The summed E-state index contributed by atoms with van der Waals surface area (Å²) in [5, 5.41) is 13.7. The normalized spacial score (nSPS) is 14.1. The third kappa shape index (κ3) is 3.42. The zero-order valence-electron chi connectivity index (χ0n) is 12.7. The van der Waals surface area contributed by atoms with Crippen LogP contribution < -0.4 is 16.6 Å². The van der Waals surface area contributed by atoms with Crippen LogP contribution in [0.4, 0.5) is 11.8 Å². The van der Waals surface area contributed by atoms with Crippen LogP contribution in [0.25, 0.3) is 10.2 Å². The number of fused-ring (bicyclic) bond motifs is 1. The Labute approximate surface area is 128 Å². The molecule has 0 radical (unpaired) electrons. The summed E-state index contributed by atoms with van der Waals surface area (Å²) < 4.78 is 0. The number of aliphatic hydroxyl groups excluding tert-OH is 1. The van der Waals surface area contributed by atoms with Crippen molar-refractivity contribution in [3.63, 3.8) is 0 Å². The van der Waals surface area contributed by atoms with Gasteiger partial charge in [-0.2, -0.15) is 4.98 Å². The molecule has 1 atom stereocenters. The number of hydrogen-bond donors (Lipinski definition) is 4. The number of anilines is 2. The highest BCUT2D eigenvalue weighted by Gasteiger charge is 2.23. The maximum atomic E-state index is 9.26. The highest BCUT2D eigenvalue weighted by Crippen LogP contribution is 2.32. The molecule has 0 aromatic carbocycles. The fraction of sp³-hybridized carbons (Fsp3) is 0.571. The van der Waals surface area contributed by atoms with E-state index in [1.165, 1.54) is 4.88 Å². The summed E-state index contributed by atoms with van der Waals surface area (Å²) in [6, 6.07) is 2.12. The van der Waals surface area contributed by atoms with E-state index >= 15 is 0 Å². The SMILES string of the molecule is CCc1cc2c(NC(C)(CC)CCO)nc(NN)nc2s1. The van der Waals surface area contributed by atoms with E-state index < -0.39 is 0 Å². The maximum absolute atomic E-state index is 9.26. The largest absolute Gasteiger partial charge is 0.396 e. The van der Waals surface area contributed by atoms with Crippen LogP contribution >= 0.6 is 11.3 Å². The molecule has 0 saturated carbocycles. The average molecular weight is 309 g/mol. The van der Waals surface area contributed by atoms with Gasteiger partial charge in [-0.3, -0.25) is 5.43 Å². The van der Waals surface area contributed by atoms with Crippen LogP contribution in [0.5, 0.6) is 0 Å². The molecule has 2 heterocycles. The Bertz CT molecular complexity index is 615. The first kappa shape index (κ1) is 15.9. The van der Waals surface area contributed by atoms with Gasteiger partial charge in [-0.05, 0) is 32.3 Å². The molecule has 2 aromatic rings. The lowest BCUT2D eigenvalue weighted by molar-refractivity contribution is 0.252. The summed E-state index contributed by atoms with van der Waals surface area (Å²) in [7, 11) is 0. The number of rotatable bonds is 7. The summed E-state index contributed by atoms with van der Waals surface area (Å²) in [5.74, 6) is 6.63. The van der Waals surface area contributed by atoms with Crippen molar-refractivity contribution < 1.29 is 5.11 Å². The van der Waals surface area contributed by atoms with Gasteiger partial charge >= 0.3 is 0 Å². The predicted octanol–water partition coefficient (Wildman–Crippen LogP) is 2.50. The predicted molar refractivity (Wildman–Crippen MR) is 88.6 cm³/mol. The van der Waals surface area contributed by atoms with E-state index in [0.717, 1.165) is 28.9 Å². The van der Waals surface area contributed by atoms with Gasteiger partial charge in [-0.1, -0.05) is 13.8 Å². The molecule has 0 fully saturated rings. The van der Waals surface area contributed by atoms with Crippen molar-refractivity contribution in [3.05, 3.63) is 10.9 Å². The van der Waals surface area contributed by atoms with E-state index in [4.69, 9.17) is 5.84 Å². The first-order valence-electron chi connectivity index (χ1n) is 7.21. The van der Waals surface area contributed by atoms with Crippen molar-refractivity contribution in [1.29, 1.82) is 0 Å². The Morgan fingerprint density at radius 2 is 2.14 bits per heavy atom. The van der Waals surface area contributed by atoms with Crippen molar-refractivity contribution in [1.82, 2.24) is 9.97 Å². The van der Waals surface area contributed by atoms with Crippen LogP contribution in [0, 0.1) is 0 Å². The summed E-state index contributed by atoms with van der Waals surface area (Å²) >= 11 is 1.65. The summed E-state index contributed by atoms with van der Waals surface area (Å²) in [5.41, 5.74) is 2.31. The average Bonchev–Trinajstić information content (AvgIpc) is 2.90. The number of nitrogens with zero attached hydrogens (tertiary/aromatic N) is 2. The molecule has 0 spiro atoms. The maximum Gasteiger partial charge on any atom is 0.240 e. The highest BCUT2D eigenvalue weighted by molar-refractivity contribution is 7.18. The fourth-order valence-electron chi connectivity index (χ4n) is 2.17. The molecule has 0 amide bonds. The molecule has 0 saturated heterocycles. The smallest absolute Gasteiger partial charge is 0.240 e. The molecule has 1 unspecified atom stereocenters. The molecule has 0 aliphatic carbocycles. The van der Waals surface area contributed by atoms with E-state index in [9.17, 15) is 5.11 Å². The van der Waals surface area contributed by atoms with E-state index in [1.54, 1.807) is 11.3 Å². The molecule has 0 bridgehead atoms. The minimum Gasteiger partial charge on any atom is -0.396 e. The lowest BCUT2D eigenvalue weighted by Crippen LogP contribution is -2.35. The van der Waals surface area contributed by atoms with Crippen LogP contribution in [0.2, 0.25) is 0 Å². The molecule has 116 valence electrons. The van der Waals surface area contributed by atoms with Crippen molar-refractivity contribution >= 4 is 33.3 Å². The third-order valence-electron chi connectivity index (χ3n) is 3.79. The molecule has 7 heteroatoms. The first-order valence-corrected chi connectivity index (χ1v) is 8.03. The zero-order valence-corrected chi connectivity index (χ0v) is 13.5. The Morgan fingerprint density at radius 1 is 1.38 bits per heavy atom. The van der Waals surface area contributed by atoms with E-state index in [1.807, 2.05) is 0 Å². The number of thiophene rings is 1. The third-order valence-corrected chi connectivity index (χ3v) is 4.96. The number of nitrogen functional groups attached to an aromatic ring is 1. The van der Waals surface area contributed by atoms with E-state index in [0.29, 0.717) is 12.4 Å². The number of aromatic nitrogens is 2. The van der Waals surface area contributed by atoms with Gasteiger partial charge < -0.3 is 10.4 Å². The topological polar surface area (TPSA) is 96.1 Å². The van der Waals surface area contributed by atoms with Gasteiger partial charge in [0, 0.05) is 17.0 Å². The molecular formula is C14H23N5OS. The van der Waals surface area contributed by atoms with E-state index in [-0.39, 0.29) is 12.1 Å². The van der Waals surface area contributed by atoms with Gasteiger partial charge in [-0.15, -0.1) is 11.3 Å². The lowest BCUT2D eigenvalue weighted by atomic mass is 9.95. The van der Waals surface area contributed by atoms with Crippen molar-refractivity contribution in [2.24, 2.45) is 5.84 Å². The van der Waals surface area contributed by atoms with Crippen LogP contribution in [0.1, 0.15) is 38.5 Å². The standard InChI is InChI=1S/C14H23N5OS/c1-4-9-8-10-11(18-14(3,5-2)6-7-20)16-13(19-15)17-12(10)21-9/h8,20H,4-7,15H2,1-3H3,(H2,16,17,18,19). The molecule has 0 aliphatic heterocycles. The van der Waals surface area contributed by atoms with Crippen molar-refractivity contribution in [2.45, 2.75) is 45.6 Å². The number of aliphatic hydroxyl groups is 1. The Hall–Kier alpha value is -1.44. The van der Waals surface area contributed by atoms with Gasteiger partial charge in [0.2, 0.25) is 5.95 Å². The quantitative estimate of drug-likeness (QED) is 0.463. The first-order chi connectivity index (χ1) is 10.0. The minimum atomic E-state index is -0.212. The Kier molecular flexibility index (Phi) is 4.97. The van der Waals surface area contributed by atoms with Gasteiger partial charge in [0.25, 0.3) is 0 Å². The Balaban J connectivity index is 2.47. The molecule has 2 aromatic heterocycles. The van der Waals surface area contributed by atoms with Crippen molar-refractivity contribution in [3.8, 4) is 0 Å². The molecular weight excluding hydrogens is 286 g/mol. The second-order valence-electron chi connectivity index (χ2n) is 5.34. The number of hydrogen-bond acceptors (Lipinski definition) is 7. The van der Waals surface area contributed by atoms with E-state index in [2.05, 4.69) is 47.5 Å². The van der Waals surface area contributed by atoms with Crippen LogP contribution in [-0.2, 0) is 6.42 Å². The monoisotopic (exact) mass is 309 g/mol. The zero-order chi connectivity index (χ0) is 15.5. The van der Waals surface area contributed by atoms with Crippen LogP contribution in [-0.4, -0.2) is 27.2 Å². The van der Waals surface area contributed by atoms with Crippen LogP contribution in [0.15, 0.2) is 6.07 Å². The summed E-state index contributed by atoms with van der Waals surface area (Å²) in [6.07, 6.45) is 2.51. The second-order valence-corrected chi connectivity index (χ2v) is 6.45. The van der Waals surface area contributed by atoms with Gasteiger partial charge in [-0.25, -0.2) is 10.8 Å². The number of aryl methyl sites for hydroxylation is 1. The molecule has 2 rings (SSSR count). The fourth-order valence-corrected chi connectivity index (χ4v) is 3.13. The minimum absolute atomic E-state index is 0.136. The lowest BCUT2D eigenvalue weighted by Gasteiger charge is -2.30.